The molecule has 0 radical (unpaired) electrons. The Morgan fingerprint density at radius 3 is 2.85 bits per heavy atom. The van der Waals surface area contributed by atoms with E-state index in [2.05, 4.69) is 39.8 Å². The number of rotatable bonds is 11. The molecule has 1 saturated carbocycles. The highest BCUT2D eigenvalue weighted by atomic mass is 19.1. The SMILES string of the molecule is CCCCC(CCC)NC1N=C(c2ccnc(NCC3CC3)c2)C(F)CN1. The van der Waals surface area contributed by atoms with Crippen LogP contribution in [0.3, 0.4) is 0 Å². The number of nitrogens with one attached hydrogen (secondary N) is 3. The second-order valence-corrected chi connectivity index (χ2v) is 7.84. The molecule has 27 heavy (non-hydrogen) atoms. The van der Waals surface area contributed by atoms with Crippen LogP contribution < -0.4 is 16.0 Å². The number of alkyl halides is 1. The fraction of sp³-hybridized carbons (Fsp3) is 0.714. The number of aliphatic imine (C=N–C) groups is 1. The molecule has 3 N–H and O–H groups in total. The van der Waals surface area contributed by atoms with Crippen molar-refractivity contribution in [2.75, 3.05) is 18.4 Å². The molecule has 6 heteroatoms. The molecular formula is C21H34FN5. The maximum Gasteiger partial charge on any atom is 0.155 e. The number of pyridine rings is 1. The Morgan fingerprint density at radius 2 is 2.11 bits per heavy atom. The number of aromatic nitrogens is 1. The van der Waals surface area contributed by atoms with Gasteiger partial charge in [-0.2, -0.15) is 0 Å². The molecule has 1 fully saturated rings. The van der Waals surface area contributed by atoms with E-state index in [1.807, 2.05) is 12.1 Å². The Bertz CT molecular complexity index is 616. The Morgan fingerprint density at radius 1 is 1.26 bits per heavy atom. The molecule has 3 rings (SSSR count). The largest absolute Gasteiger partial charge is 0.370 e. The zero-order valence-electron chi connectivity index (χ0n) is 16.7. The van der Waals surface area contributed by atoms with Crippen molar-refractivity contribution in [1.29, 1.82) is 0 Å². The maximum absolute atomic E-state index is 14.6. The van der Waals surface area contributed by atoms with Crippen LogP contribution >= 0.6 is 0 Å². The van der Waals surface area contributed by atoms with Crippen molar-refractivity contribution in [2.24, 2.45) is 10.9 Å². The van der Waals surface area contributed by atoms with Gasteiger partial charge in [-0.15, -0.1) is 0 Å². The Kier molecular flexibility index (Phi) is 7.59. The summed E-state index contributed by atoms with van der Waals surface area (Å²) in [5.41, 5.74) is 1.35. The van der Waals surface area contributed by atoms with Gasteiger partial charge in [0.1, 0.15) is 5.82 Å². The van der Waals surface area contributed by atoms with E-state index in [4.69, 9.17) is 0 Å². The van der Waals surface area contributed by atoms with E-state index in [0.29, 0.717) is 11.8 Å². The molecule has 5 nitrogen and oxygen atoms in total. The highest BCUT2D eigenvalue weighted by molar-refractivity contribution is 6.04. The van der Waals surface area contributed by atoms with E-state index < -0.39 is 6.17 Å². The number of hydrogen-bond acceptors (Lipinski definition) is 5. The maximum atomic E-state index is 14.6. The summed E-state index contributed by atoms with van der Waals surface area (Å²) >= 11 is 0. The van der Waals surface area contributed by atoms with Gasteiger partial charge in [0.15, 0.2) is 12.5 Å². The fourth-order valence-corrected chi connectivity index (χ4v) is 3.52. The fourth-order valence-electron chi connectivity index (χ4n) is 3.52. The van der Waals surface area contributed by atoms with Gasteiger partial charge < -0.3 is 5.32 Å². The summed E-state index contributed by atoms with van der Waals surface area (Å²) in [6, 6.07) is 4.20. The van der Waals surface area contributed by atoms with Crippen LogP contribution in [0.1, 0.15) is 64.4 Å². The Labute approximate surface area is 162 Å². The monoisotopic (exact) mass is 375 g/mol. The molecule has 150 valence electrons. The van der Waals surface area contributed by atoms with Crippen molar-refractivity contribution in [3.63, 3.8) is 0 Å². The van der Waals surface area contributed by atoms with Crippen molar-refractivity contribution in [3.05, 3.63) is 23.9 Å². The molecule has 1 aliphatic heterocycles. The first-order valence-corrected chi connectivity index (χ1v) is 10.6. The van der Waals surface area contributed by atoms with E-state index in [0.717, 1.165) is 43.1 Å². The molecule has 3 unspecified atom stereocenters. The van der Waals surface area contributed by atoms with Gasteiger partial charge in [-0.25, -0.2) is 9.37 Å². The first-order valence-electron chi connectivity index (χ1n) is 10.6. The van der Waals surface area contributed by atoms with Crippen LogP contribution in [0.15, 0.2) is 23.3 Å². The lowest BCUT2D eigenvalue weighted by Gasteiger charge is -2.29. The highest BCUT2D eigenvalue weighted by Gasteiger charge is 2.26. The zero-order valence-corrected chi connectivity index (χ0v) is 16.7. The predicted molar refractivity (Wildman–Crippen MR) is 110 cm³/mol. The lowest BCUT2D eigenvalue weighted by atomic mass is 10.0. The normalized spacial score (nSPS) is 23.7. The van der Waals surface area contributed by atoms with Gasteiger partial charge in [0.05, 0.1) is 5.71 Å². The zero-order chi connectivity index (χ0) is 19.1. The molecule has 3 atom stereocenters. The first-order chi connectivity index (χ1) is 13.2. The molecule has 1 aliphatic carbocycles. The number of nitrogens with zero attached hydrogens (tertiary/aromatic N) is 2. The van der Waals surface area contributed by atoms with Crippen LogP contribution in [-0.4, -0.2) is 42.3 Å². The average molecular weight is 376 g/mol. The van der Waals surface area contributed by atoms with Crippen LogP contribution in [-0.2, 0) is 0 Å². The molecule has 0 bridgehead atoms. The van der Waals surface area contributed by atoms with E-state index >= 15 is 0 Å². The number of unbranched alkanes of at least 4 members (excludes halogenated alkanes) is 1. The molecule has 1 aromatic rings. The van der Waals surface area contributed by atoms with Gasteiger partial charge >= 0.3 is 0 Å². The quantitative estimate of drug-likeness (QED) is 0.549. The molecule has 0 amide bonds. The van der Waals surface area contributed by atoms with E-state index in [-0.39, 0.29) is 12.8 Å². The van der Waals surface area contributed by atoms with Gasteiger partial charge in [0.2, 0.25) is 0 Å². The van der Waals surface area contributed by atoms with Gasteiger partial charge in [-0.1, -0.05) is 33.1 Å². The lowest BCUT2D eigenvalue weighted by molar-refractivity contribution is 0.298. The predicted octanol–water partition coefficient (Wildman–Crippen LogP) is 3.87. The third-order valence-electron chi connectivity index (χ3n) is 5.32. The topological polar surface area (TPSA) is 61.3 Å². The van der Waals surface area contributed by atoms with Crippen molar-refractivity contribution in [3.8, 4) is 0 Å². The van der Waals surface area contributed by atoms with Crippen LogP contribution in [0.5, 0.6) is 0 Å². The second-order valence-electron chi connectivity index (χ2n) is 7.84. The van der Waals surface area contributed by atoms with Crippen LogP contribution in [0.25, 0.3) is 0 Å². The molecule has 1 aromatic heterocycles. The van der Waals surface area contributed by atoms with E-state index in [1.54, 1.807) is 6.20 Å². The summed E-state index contributed by atoms with van der Waals surface area (Å²) in [4.78, 5) is 9.04. The molecule has 0 saturated heterocycles. The average Bonchev–Trinajstić information content (AvgIpc) is 3.51. The highest BCUT2D eigenvalue weighted by Crippen LogP contribution is 2.28. The number of anilines is 1. The summed E-state index contributed by atoms with van der Waals surface area (Å²) < 4.78 is 14.6. The lowest BCUT2D eigenvalue weighted by Crippen LogP contribution is -2.52. The van der Waals surface area contributed by atoms with Gasteiger partial charge in [-0.05, 0) is 43.7 Å². The molecule has 2 heterocycles. The Balaban J connectivity index is 1.67. The standard InChI is InChI=1S/C21H34FN5/c1-3-5-7-17(6-4-2)26-21-25-14-18(22)20(27-21)16-10-11-23-19(12-16)24-13-15-8-9-15/h10-12,15,17-18,21,25-26H,3-9,13-14H2,1-2H3,(H,23,24). The summed E-state index contributed by atoms with van der Waals surface area (Å²) in [6.45, 7) is 5.65. The smallest absolute Gasteiger partial charge is 0.155 e. The van der Waals surface area contributed by atoms with Crippen molar-refractivity contribution in [2.45, 2.75) is 77.3 Å². The van der Waals surface area contributed by atoms with Crippen LogP contribution in [0, 0.1) is 5.92 Å². The minimum Gasteiger partial charge on any atom is -0.370 e. The molecule has 0 spiro atoms. The van der Waals surface area contributed by atoms with Crippen molar-refractivity contribution < 1.29 is 4.39 Å². The van der Waals surface area contributed by atoms with Gasteiger partial charge in [0.25, 0.3) is 0 Å². The summed E-state index contributed by atoms with van der Waals surface area (Å²) in [5.74, 6) is 1.58. The second kappa shape index (κ2) is 10.1. The van der Waals surface area contributed by atoms with E-state index in [9.17, 15) is 4.39 Å². The molecule has 0 aromatic carbocycles. The molecule has 2 aliphatic rings. The first kappa shape index (κ1) is 20.2. The summed E-state index contributed by atoms with van der Waals surface area (Å²) in [6.07, 6.45) is 8.79. The van der Waals surface area contributed by atoms with Crippen molar-refractivity contribution >= 4 is 11.5 Å². The third kappa shape index (κ3) is 6.25. The van der Waals surface area contributed by atoms with Crippen LogP contribution in [0.2, 0.25) is 0 Å². The minimum absolute atomic E-state index is 0.226. The van der Waals surface area contributed by atoms with Crippen molar-refractivity contribution in [1.82, 2.24) is 15.6 Å². The number of hydrogen-bond donors (Lipinski definition) is 3. The minimum atomic E-state index is -1.10. The summed E-state index contributed by atoms with van der Waals surface area (Å²) in [7, 11) is 0. The Hall–Kier alpha value is -1.53. The summed E-state index contributed by atoms with van der Waals surface area (Å²) in [5, 5.41) is 10.1. The van der Waals surface area contributed by atoms with E-state index in [1.165, 1.54) is 25.7 Å². The van der Waals surface area contributed by atoms with Gasteiger partial charge in [-0.3, -0.25) is 15.6 Å². The van der Waals surface area contributed by atoms with Crippen LogP contribution in [0.4, 0.5) is 10.2 Å². The molecular weight excluding hydrogens is 341 g/mol. The number of halogens is 1. The third-order valence-corrected chi connectivity index (χ3v) is 5.32. The van der Waals surface area contributed by atoms with Gasteiger partial charge in [0, 0.05) is 30.9 Å².